The number of carbonyl (C=O) groups excluding carboxylic acids is 1. The van der Waals surface area contributed by atoms with Gasteiger partial charge in [0.1, 0.15) is 28.9 Å². The van der Waals surface area contributed by atoms with E-state index in [0.29, 0.717) is 16.4 Å². The molecule has 1 heterocycles. The summed E-state index contributed by atoms with van der Waals surface area (Å²) in [6, 6.07) is 11.6. The second-order valence-electron chi connectivity index (χ2n) is 6.14. The van der Waals surface area contributed by atoms with Gasteiger partial charge in [-0.1, -0.05) is 6.07 Å². The third kappa shape index (κ3) is 5.17. The number of rotatable bonds is 7. The maximum Gasteiger partial charge on any atom is 0.275 e. The van der Waals surface area contributed by atoms with E-state index in [2.05, 4.69) is 10.3 Å². The summed E-state index contributed by atoms with van der Waals surface area (Å²) in [4.78, 5) is 16.7. The smallest absolute Gasteiger partial charge is 0.275 e. The van der Waals surface area contributed by atoms with E-state index in [1.165, 1.54) is 61.8 Å². The largest absolute Gasteiger partial charge is 0.486 e. The molecule has 0 aliphatic carbocycles. The summed E-state index contributed by atoms with van der Waals surface area (Å²) in [6.45, 7) is 0.139. The first kappa shape index (κ1) is 20.9. The highest BCUT2D eigenvalue weighted by molar-refractivity contribution is 7.89. The lowest BCUT2D eigenvalue weighted by Crippen LogP contribution is -2.22. The Labute approximate surface area is 171 Å². The van der Waals surface area contributed by atoms with E-state index >= 15 is 0 Å². The van der Waals surface area contributed by atoms with Crippen LogP contribution in [0.4, 0.5) is 10.1 Å². The van der Waals surface area contributed by atoms with Crippen molar-refractivity contribution in [3.05, 3.63) is 70.4 Å². The number of hydrogen-bond donors (Lipinski definition) is 1. The molecule has 0 saturated heterocycles. The summed E-state index contributed by atoms with van der Waals surface area (Å²) in [5.41, 5.74) is 0.531. The van der Waals surface area contributed by atoms with Gasteiger partial charge in [-0.2, -0.15) is 0 Å². The number of aromatic nitrogens is 1. The quantitative estimate of drug-likeness (QED) is 0.615. The molecule has 0 radical (unpaired) electrons. The molecule has 0 saturated carbocycles. The number of sulfonamides is 1. The Morgan fingerprint density at radius 2 is 1.93 bits per heavy atom. The molecule has 0 fully saturated rings. The Bertz CT molecular complexity index is 1110. The molecule has 3 rings (SSSR count). The second kappa shape index (κ2) is 8.68. The predicted molar refractivity (Wildman–Crippen MR) is 108 cm³/mol. The first-order chi connectivity index (χ1) is 13.8. The van der Waals surface area contributed by atoms with Crippen molar-refractivity contribution in [1.82, 2.24) is 9.29 Å². The number of thiazole rings is 1. The minimum atomic E-state index is -3.60. The van der Waals surface area contributed by atoms with Crippen molar-refractivity contribution in [1.29, 1.82) is 0 Å². The monoisotopic (exact) mass is 435 g/mol. The van der Waals surface area contributed by atoms with Gasteiger partial charge >= 0.3 is 0 Å². The number of anilines is 1. The van der Waals surface area contributed by atoms with E-state index in [4.69, 9.17) is 4.74 Å². The van der Waals surface area contributed by atoms with Gasteiger partial charge < -0.3 is 10.1 Å². The molecule has 29 heavy (non-hydrogen) atoms. The van der Waals surface area contributed by atoms with Crippen molar-refractivity contribution in [2.24, 2.45) is 0 Å². The zero-order chi connectivity index (χ0) is 21.0. The molecule has 0 unspecified atom stereocenters. The maximum absolute atomic E-state index is 12.9. The fraction of sp³-hybridized carbons (Fsp3) is 0.158. The van der Waals surface area contributed by atoms with Crippen molar-refractivity contribution in [3.63, 3.8) is 0 Å². The van der Waals surface area contributed by atoms with Gasteiger partial charge in [-0.15, -0.1) is 11.3 Å². The molecule has 0 aliphatic heterocycles. The van der Waals surface area contributed by atoms with E-state index < -0.39 is 15.9 Å². The lowest BCUT2D eigenvalue weighted by molar-refractivity contribution is 0.102. The van der Waals surface area contributed by atoms with Crippen LogP contribution in [0.15, 0.2) is 58.8 Å². The maximum atomic E-state index is 12.9. The first-order valence-corrected chi connectivity index (χ1v) is 10.7. The third-order valence-corrected chi connectivity index (χ3v) is 6.46. The number of benzene rings is 2. The van der Waals surface area contributed by atoms with Gasteiger partial charge in [-0.05, 0) is 42.5 Å². The van der Waals surface area contributed by atoms with Gasteiger partial charge in [0.05, 0.1) is 4.90 Å². The normalized spacial score (nSPS) is 11.4. The van der Waals surface area contributed by atoms with Crippen LogP contribution >= 0.6 is 11.3 Å². The molecule has 0 spiro atoms. The van der Waals surface area contributed by atoms with Crippen molar-refractivity contribution in [2.75, 3.05) is 19.4 Å². The molecule has 0 atom stereocenters. The van der Waals surface area contributed by atoms with E-state index in [-0.39, 0.29) is 23.0 Å². The molecular weight excluding hydrogens is 417 g/mol. The van der Waals surface area contributed by atoms with Gasteiger partial charge in [0.2, 0.25) is 10.0 Å². The second-order valence-corrected chi connectivity index (χ2v) is 9.23. The lowest BCUT2D eigenvalue weighted by Gasteiger charge is -2.12. The Morgan fingerprint density at radius 1 is 1.21 bits per heavy atom. The van der Waals surface area contributed by atoms with Crippen LogP contribution in [-0.4, -0.2) is 37.7 Å². The number of hydrogen-bond acceptors (Lipinski definition) is 6. The summed E-state index contributed by atoms with van der Waals surface area (Å²) in [6.07, 6.45) is 0. The molecule has 1 N–H and O–H groups in total. The van der Waals surface area contributed by atoms with Gasteiger partial charge in [0, 0.05) is 25.2 Å². The lowest BCUT2D eigenvalue weighted by atomic mass is 10.3. The summed E-state index contributed by atoms with van der Waals surface area (Å²) in [5, 5.41) is 4.80. The molecule has 3 aromatic rings. The van der Waals surface area contributed by atoms with Crippen LogP contribution in [0, 0.1) is 5.82 Å². The SMILES string of the molecule is CN(C)S(=O)(=O)c1cccc(NC(=O)c2csc(COc3ccc(F)cc3)n2)c1. The molecule has 1 aromatic heterocycles. The number of nitrogens with one attached hydrogen (secondary N) is 1. The highest BCUT2D eigenvalue weighted by Gasteiger charge is 2.18. The van der Waals surface area contributed by atoms with Crippen LogP contribution < -0.4 is 10.1 Å². The van der Waals surface area contributed by atoms with Gasteiger partial charge in [-0.3, -0.25) is 4.79 Å². The van der Waals surface area contributed by atoms with Crippen molar-refractivity contribution < 1.29 is 22.3 Å². The number of ether oxygens (including phenoxy) is 1. The Balaban J connectivity index is 1.65. The molecule has 10 heteroatoms. The highest BCUT2D eigenvalue weighted by atomic mass is 32.2. The summed E-state index contributed by atoms with van der Waals surface area (Å²) in [7, 11) is -0.732. The molecule has 0 aliphatic rings. The molecule has 7 nitrogen and oxygen atoms in total. The van der Waals surface area contributed by atoms with E-state index in [1.807, 2.05) is 0 Å². The number of carbonyl (C=O) groups is 1. The Kier molecular flexibility index (Phi) is 6.26. The minimum absolute atomic E-state index is 0.0759. The van der Waals surface area contributed by atoms with Crippen LogP contribution in [0.1, 0.15) is 15.5 Å². The van der Waals surface area contributed by atoms with E-state index in [0.717, 1.165) is 4.31 Å². The van der Waals surface area contributed by atoms with Crippen molar-refractivity contribution >= 4 is 33.0 Å². The van der Waals surface area contributed by atoms with Crippen molar-refractivity contribution in [2.45, 2.75) is 11.5 Å². The fourth-order valence-corrected chi connectivity index (χ4v) is 3.93. The predicted octanol–water partition coefficient (Wildman–Crippen LogP) is 3.36. The van der Waals surface area contributed by atoms with Gasteiger partial charge in [0.25, 0.3) is 5.91 Å². The molecule has 0 bridgehead atoms. The van der Waals surface area contributed by atoms with Crippen LogP contribution in [0.2, 0.25) is 0 Å². The number of nitrogens with zero attached hydrogens (tertiary/aromatic N) is 2. The van der Waals surface area contributed by atoms with Gasteiger partial charge in [-0.25, -0.2) is 22.1 Å². The summed E-state index contributed by atoms with van der Waals surface area (Å²) >= 11 is 1.25. The number of halogens is 1. The standard InChI is InChI=1S/C19H18FN3O4S2/c1-23(2)29(25,26)16-5-3-4-14(10-16)21-19(24)17-12-28-18(22-17)11-27-15-8-6-13(20)7-9-15/h3-10,12H,11H2,1-2H3,(H,21,24). The molecule has 2 aromatic carbocycles. The summed E-state index contributed by atoms with van der Waals surface area (Å²) < 4.78 is 44.0. The zero-order valence-corrected chi connectivity index (χ0v) is 17.3. The molecule has 152 valence electrons. The Hall–Kier alpha value is -2.82. The Morgan fingerprint density at radius 3 is 2.62 bits per heavy atom. The molecule has 1 amide bonds. The average molecular weight is 436 g/mol. The summed E-state index contributed by atoms with van der Waals surface area (Å²) in [5.74, 6) is -0.326. The van der Waals surface area contributed by atoms with Crippen LogP contribution in [0.25, 0.3) is 0 Å². The topological polar surface area (TPSA) is 88.6 Å². The zero-order valence-electron chi connectivity index (χ0n) is 15.6. The molecular formula is C19H18FN3O4S2. The highest BCUT2D eigenvalue weighted by Crippen LogP contribution is 2.20. The average Bonchev–Trinajstić information content (AvgIpc) is 3.17. The van der Waals surface area contributed by atoms with Crippen LogP contribution in [0.3, 0.4) is 0 Å². The number of amides is 1. The third-order valence-electron chi connectivity index (χ3n) is 3.83. The first-order valence-electron chi connectivity index (χ1n) is 8.42. The minimum Gasteiger partial charge on any atom is -0.486 e. The van der Waals surface area contributed by atoms with Crippen LogP contribution in [0.5, 0.6) is 5.75 Å². The fourth-order valence-electron chi connectivity index (χ4n) is 2.30. The van der Waals surface area contributed by atoms with Gasteiger partial charge in [0.15, 0.2) is 0 Å². The van der Waals surface area contributed by atoms with E-state index in [9.17, 15) is 17.6 Å². The van der Waals surface area contributed by atoms with Crippen molar-refractivity contribution in [3.8, 4) is 5.75 Å². The van der Waals surface area contributed by atoms with Crippen LogP contribution in [-0.2, 0) is 16.6 Å². The van der Waals surface area contributed by atoms with E-state index in [1.54, 1.807) is 17.5 Å².